The zero-order valence-corrected chi connectivity index (χ0v) is 18.6. The van der Waals surface area contributed by atoms with Crippen LogP contribution in [0.4, 0.5) is 0 Å². The second-order valence-electron chi connectivity index (χ2n) is 7.44. The van der Waals surface area contributed by atoms with Crippen molar-refractivity contribution in [1.82, 2.24) is 10.2 Å². The van der Waals surface area contributed by atoms with Gasteiger partial charge in [-0.15, -0.1) is 0 Å². The van der Waals surface area contributed by atoms with Crippen LogP contribution in [0.15, 0.2) is 42.5 Å². The molecule has 8 heteroatoms. The maximum atomic E-state index is 12.2. The van der Waals surface area contributed by atoms with Gasteiger partial charge in [0, 0.05) is 31.7 Å². The fourth-order valence-electron chi connectivity index (χ4n) is 3.26. The van der Waals surface area contributed by atoms with Crippen LogP contribution in [0.2, 0.25) is 0 Å². The largest absolute Gasteiger partial charge is 0.493 e. The summed E-state index contributed by atoms with van der Waals surface area (Å²) in [6.07, 6.45) is 0. The van der Waals surface area contributed by atoms with Gasteiger partial charge < -0.3 is 24.3 Å². The first-order valence-electron chi connectivity index (χ1n) is 10.7. The van der Waals surface area contributed by atoms with E-state index in [1.54, 1.807) is 18.2 Å². The molecule has 8 nitrogen and oxygen atoms in total. The third-order valence-electron chi connectivity index (χ3n) is 5.10. The maximum absolute atomic E-state index is 12.2. The SMILES string of the molecule is COc1cc(C(C)=O)ccc1OCC(=O)NCc1cccc(OCCN2CCOCC2)c1. The number of nitrogens with zero attached hydrogens (tertiary/aromatic N) is 1. The van der Waals surface area contributed by atoms with Gasteiger partial charge in [0.2, 0.25) is 0 Å². The number of hydrogen-bond acceptors (Lipinski definition) is 7. The average molecular weight is 443 g/mol. The fourth-order valence-corrected chi connectivity index (χ4v) is 3.26. The van der Waals surface area contributed by atoms with E-state index in [0.29, 0.717) is 30.2 Å². The lowest BCUT2D eigenvalue weighted by atomic mass is 10.1. The first-order chi connectivity index (χ1) is 15.5. The van der Waals surface area contributed by atoms with Crippen LogP contribution < -0.4 is 19.5 Å². The number of amides is 1. The van der Waals surface area contributed by atoms with Crippen LogP contribution >= 0.6 is 0 Å². The van der Waals surface area contributed by atoms with Crippen molar-refractivity contribution < 1.29 is 28.5 Å². The second-order valence-corrected chi connectivity index (χ2v) is 7.44. The van der Waals surface area contributed by atoms with Crippen LogP contribution in [0.1, 0.15) is 22.8 Å². The second kappa shape index (κ2) is 12.1. The van der Waals surface area contributed by atoms with Crippen molar-refractivity contribution in [3.8, 4) is 17.2 Å². The summed E-state index contributed by atoms with van der Waals surface area (Å²) >= 11 is 0. The zero-order valence-electron chi connectivity index (χ0n) is 18.6. The Kier molecular flexibility index (Phi) is 8.89. The number of morpholine rings is 1. The van der Waals surface area contributed by atoms with Crippen LogP contribution in [-0.4, -0.2) is 69.8 Å². The van der Waals surface area contributed by atoms with Gasteiger partial charge in [-0.1, -0.05) is 12.1 Å². The topological polar surface area (TPSA) is 86.3 Å². The molecule has 1 saturated heterocycles. The Morgan fingerprint density at radius 1 is 1.06 bits per heavy atom. The quantitative estimate of drug-likeness (QED) is 0.535. The highest BCUT2D eigenvalue weighted by molar-refractivity contribution is 5.94. The van der Waals surface area contributed by atoms with Crippen LogP contribution in [0.25, 0.3) is 0 Å². The van der Waals surface area contributed by atoms with E-state index in [4.69, 9.17) is 18.9 Å². The molecule has 172 valence electrons. The van der Waals surface area contributed by atoms with Crippen LogP contribution in [0.5, 0.6) is 17.2 Å². The molecule has 0 aromatic heterocycles. The number of ether oxygens (including phenoxy) is 4. The monoisotopic (exact) mass is 442 g/mol. The Bertz CT molecular complexity index is 911. The number of methoxy groups -OCH3 is 1. The van der Waals surface area contributed by atoms with E-state index in [0.717, 1.165) is 44.2 Å². The van der Waals surface area contributed by atoms with Crippen molar-refractivity contribution in [2.75, 3.05) is 53.2 Å². The summed E-state index contributed by atoms with van der Waals surface area (Å²) < 4.78 is 22.0. The summed E-state index contributed by atoms with van der Waals surface area (Å²) in [5.41, 5.74) is 1.45. The lowest BCUT2D eigenvalue weighted by Gasteiger charge is -2.26. The van der Waals surface area contributed by atoms with Gasteiger partial charge in [0.1, 0.15) is 12.4 Å². The Labute approximate surface area is 188 Å². The Balaban J connectivity index is 1.42. The van der Waals surface area contributed by atoms with Crippen LogP contribution in [0, 0.1) is 0 Å². The highest BCUT2D eigenvalue weighted by Crippen LogP contribution is 2.28. The highest BCUT2D eigenvalue weighted by Gasteiger charge is 2.11. The zero-order chi connectivity index (χ0) is 22.8. The molecule has 2 aromatic rings. The van der Waals surface area contributed by atoms with E-state index in [9.17, 15) is 9.59 Å². The molecule has 0 aliphatic carbocycles. The molecule has 1 heterocycles. The number of rotatable bonds is 11. The van der Waals surface area contributed by atoms with Gasteiger partial charge in [-0.3, -0.25) is 14.5 Å². The number of carbonyl (C=O) groups excluding carboxylic acids is 2. The molecule has 0 atom stereocenters. The minimum Gasteiger partial charge on any atom is -0.493 e. The summed E-state index contributed by atoms with van der Waals surface area (Å²) in [7, 11) is 1.49. The number of Topliss-reactive ketones (excluding diaryl/α,β-unsaturated/α-hetero) is 1. The normalized spacial score (nSPS) is 13.9. The van der Waals surface area contributed by atoms with Gasteiger partial charge >= 0.3 is 0 Å². The fraction of sp³-hybridized carbons (Fsp3) is 0.417. The molecular weight excluding hydrogens is 412 g/mol. The van der Waals surface area contributed by atoms with Gasteiger partial charge in [0.15, 0.2) is 23.9 Å². The number of ketones is 1. The first-order valence-corrected chi connectivity index (χ1v) is 10.7. The minimum atomic E-state index is -0.263. The minimum absolute atomic E-state index is 0.0695. The average Bonchev–Trinajstić information content (AvgIpc) is 2.82. The predicted molar refractivity (Wildman–Crippen MR) is 120 cm³/mol. The highest BCUT2D eigenvalue weighted by atomic mass is 16.5. The van der Waals surface area contributed by atoms with Gasteiger partial charge in [0.25, 0.3) is 5.91 Å². The molecule has 2 aromatic carbocycles. The van der Waals surface area contributed by atoms with Crippen LogP contribution in [-0.2, 0) is 16.1 Å². The molecule has 1 N–H and O–H groups in total. The van der Waals surface area contributed by atoms with Crippen molar-refractivity contribution in [2.45, 2.75) is 13.5 Å². The van der Waals surface area contributed by atoms with Crippen molar-refractivity contribution in [3.05, 3.63) is 53.6 Å². The number of hydrogen-bond donors (Lipinski definition) is 1. The van der Waals surface area contributed by atoms with Gasteiger partial charge in [-0.25, -0.2) is 0 Å². The summed E-state index contributed by atoms with van der Waals surface area (Å²) in [6.45, 7) is 6.56. The first kappa shape index (κ1) is 23.6. The summed E-state index contributed by atoms with van der Waals surface area (Å²) in [4.78, 5) is 26.0. The van der Waals surface area contributed by atoms with Crippen molar-refractivity contribution in [2.24, 2.45) is 0 Å². The van der Waals surface area contributed by atoms with Gasteiger partial charge in [-0.2, -0.15) is 0 Å². The van der Waals surface area contributed by atoms with E-state index < -0.39 is 0 Å². The van der Waals surface area contributed by atoms with Crippen molar-refractivity contribution >= 4 is 11.7 Å². The van der Waals surface area contributed by atoms with E-state index in [1.807, 2.05) is 24.3 Å². The molecule has 0 radical (unpaired) electrons. The van der Waals surface area contributed by atoms with Crippen molar-refractivity contribution in [1.29, 1.82) is 0 Å². The summed E-state index contributed by atoms with van der Waals surface area (Å²) in [5, 5.41) is 2.83. The Morgan fingerprint density at radius 2 is 1.88 bits per heavy atom. The molecule has 0 saturated carbocycles. The molecular formula is C24H30N2O6. The molecule has 1 amide bonds. The number of nitrogens with one attached hydrogen (secondary N) is 1. The number of carbonyl (C=O) groups is 2. The third-order valence-corrected chi connectivity index (χ3v) is 5.10. The molecule has 0 unspecified atom stereocenters. The third kappa shape index (κ3) is 7.25. The van der Waals surface area contributed by atoms with Gasteiger partial charge in [0.05, 0.1) is 20.3 Å². The summed E-state index contributed by atoms with van der Waals surface area (Å²) in [5.74, 6) is 1.26. The smallest absolute Gasteiger partial charge is 0.258 e. The molecule has 1 aliphatic rings. The van der Waals surface area contributed by atoms with Crippen LogP contribution in [0.3, 0.4) is 0 Å². The van der Waals surface area contributed by atoms with E-state index in [2.05, 4.69) is 10.2 Å². The maximum Gasteiger partial charge on any atom is 0.258 e. The Morgan fingerprint density at radius 3 is 2.62 bits per heavy atom. The van der Waals surface area contributed by atoms with Crippen molar-refractivity contribution in [3.63, 3.8) is 0 Å². The molecule has 32 heavy (non-hydrogen) atoms. The Hall–Kier alpha value is -3.10. The van der Waals surface area contributed by atoms with E-state index in [1.165, 1.54) is 14.0 Å². The number of benzene rings is 2. The lowest BCUT2D eigenvalue weighted by Crippen LogP contribution is -2.38. The molecule has 1 aliphatic heterocycles. The standard InChI is InChI=1S/C24H30N2O6/c1-18(27)20-6-7-22(23(15-20)29-2)32-17-24(28)25-16-19-4-3-5-21(14-19)31-13-10-26-8-11-30-12-9-26/h3-7,14-15H,8-13,16-17H2,1-2H3,(H,25,28). The van der Waals surface area contributed by atoms with E-state index >= 15 is 0 Å². The summed E-state index contributed by atoms with van der Waals surface area (Å²) in [6, 6.07) is 12.5. The molecule has 0 bridgehead atoms. The molecule has 3 rings (SSSR count). The lowest BCUT2D eigenvalue weighted by molar-refractivity contribution is -0.123. The van der Waals surface area contributed by atoms with Gasteiger partial charge in [-0.05, 0) is 42.8 Å². The molecule has 1 fully saturated rings. The predicted octanol–water partition coefficient (Wildman–Crippen LogP) is 2.30. The molecule has 0 spiro atoms. The van der Waals surface area contributed by atoms with E-state index in [-0.39, 0.29) is 18.3 Å².